The Hall–Kier alpha value is -2.75. The van der Waals surface area contributed by atoms with Crippen LogP contribution in [0.25, 0.3) is 0 Å². The van der Waals surface area contributed by atoms with Crippen LogP contribution in [-0.2, 0) is 0 Å². The first-order valence-corrected chi connectivity index (χ1v) is 6.91. The third-order valence-electron chi connectivity index (χ3n) is 3.51. The average molecular weight is 301 g/mol. The molecule has 1 aliphatic heterocycles. The predicted molar refractivity (Wildman–Crippen MR) is 77.8 cm³/mol. The minimum Gasteiger partial charge on any atom is -0.367 e. The Morgan fingerprint density at radius 1 is 1.09 bits per heavy atom. The number of halogens is 2. The highest BCUT2D eigenvalue weighted by atomic mass is 19.1. The molecule has 1 N–H and O–H groups in total. The van der Waals surface area contributed by atoms with E-state index in [1.807, 2.05) is 6.07 Å². The van der Waals surface area contributed by atoms with Crippen molar-refractivity contribution in [1.29, 1.82) is 5.26 Å². The molecule has 0 unspecified atom stereocenters. The van der Waals surface area contributed by atoms with Gasteiger partial charge in [0.2, 0.25) is 0 Å². The zero-order valence-electron chi connectivity index (χ0n) is 11.7. The third kappa shape index (κ3) is 2.68. The van der Waals surface area contributed by atoms with E-state index in [0.29, 0.717) is 13.1 Å². The Morgan fingerprint density at radius 3 is 2.36 bits per heavy atom. The quantitative estimate of drug-likeness (QED) is 0.944. The minimum absolute atomic E-state index is 0.00250. The second-order valence-corrected chi connectivity index (χ2v) is 4.97. The molecule has 0 saturated carbocycles. The number of hydrogen-bond acceptors (Lipinski definition) is 5. The fourth-order valence-electron chi connectivity index (χ4n) is 2.53. The monoisotopic (exact) mass is 301 g/mol. The molecule has 5 nitrogen and oxygen atoms in total. The third-order valence-corrected chi connectivity index (χ3v) is 3.51. The SMILES string of the molecule is N#Cc1nccnc1Nc1cc(F)c(N2CCCC2)c(F)c1. The molecule has 0 spiro atoms. The smallest absolute Gasteiger partial charge is 0.183 e. The van der Waals surface area contributed by atoms with Crippen molar-refractivity contribution in [3.63, 3.8) is 0 Å². The molecule has 22 heavy (non-hydrogen) atoms. The normalized spacial score (nSPS) is 14.0. The molecule has 0 amide bonds. The van der Waals surface area contributed by atoms with E-state index < -0.39 is 11.6 Å². The summed E-state index contributed by atoms with van der Waals surface area (Å²) in [7, 11) is 0. The molecule has 0 atom stereocenters. The largest absolute Gasteiger partial charge is 0.367 e. The number of rotatable bonds is 3. The highest BCUT2D eigenvalue weighted by Gasteiger charge is 2.21. The van der Waals surface area contributed by atoms with Gasteiger partial charge in [0.1, 0.15) is 11.8 Å². The summed E-state index contributed by atoms with van der Waals surface area (Å²) < 4.78 is 28.5. The van der Waals surface area contributed by atoms with Crippen LogP contribution in [-0.4, -0.2) is 23.1 Å². The Kier molecular flexibility index (Phi) is 3.83. The standard InChI is InChI=1S/C15H13F2N5/c16-11-7-10(21-15-13(9-18)19-3-4-20-15)8-12(17)14(11)22-5-1-2-6-22/h3-4,7-8H,1-2,5-6H2,(H,20,21). The van der Waals surface area contributed by atoms with Crippen molar-refractivity contribution < 1.29 is 8.78 Å². The average Bonchev–Trinajstić information content (AvgIpc) is 3.01. The summed E-state index contributed by atoms with van der Waals surface area (Å²) in [6.07, 6.45) is 4.64. The molecule has 7 heteroatoms. The number of benzene rings is 1. The Labute approximate surface area is 126 Å². The van der Waals surface area contributed by atoms with E-state index in [1.165, 1.54) is 24.5 Å². The van der Waals surface area contributed by atoms with Gasteiger partial charge in [0.25, 0.3) is 0 Å². The van der Waals surface area contributed by atoms with E-state index in [0.717, 1.165) is 12.8 Å². The van der Waals surface area contributed by atoms with E-state index in [4.69, 9.17) is 5.26 Å². The lowest BCUT2D eigenvalue weighted by atomic mass is 10.2. The van der Waals surface area contributed by atoms with Crippen LogP contribution in [0.5, 0.6) is 0 Å². The van der Waals surface area contributed by atoms with Crippen molar-refractivity contribution in [3.05, 3.63) is 41.9 Å². The van der Waals surface area contributed by atoms with Gasteiger partial charge in [0, 0.05) is 31.2 Å². The van der Waals surface area contributed by atoms with Gasteiger partial charge in [-0.25, -0.2) is 18.7 Å². The molecular formula is C15H13F2N5. The van der Waals surface area contributed by atoms with Crippen molar-refractivity contribution in [2.24, 2.45) is 0 Å². The molecule has 1 saturated heterocycles. The van der Waals surface area contributed by atoms with Crippen molar-refractivity contribution >= 4 is 17.2 Å². The first-order chi connectivity index (χ1) is 10.7. The molecular weight excluding hydrogens is 288 g/mol. The minimum atomic E-state index is -0.633. The van der Waals surface area contributed by atoms with Crippen LogP contribution in [0.2, 0.25) is 0 Å². The topological polar surface area (TPSA) is 64.8 Å². The Bertz CT molecular complexity index is 712. The van der Waals surface area contributed by atoms with Gasteiger partial charge in [-0.05, 0) is 25.0 Å². The van der Waals surface area contributed by atoms with Gasteiger partial charge in [0.15, 0.2) is 23.1 Å². The van der Waals surface area contributed by atoms with Crippen LogP contribution >= 0.6 is 0 Å². The number of nitriles is 1. The highest BCUT2D eigenvalue weighted by molar-refractivity contribution is 5.64. The number of aromatic nitrogens is 2. The zero-order valence-corrected chi connectivity index (χ0v) is 11.7. The summed E-state index contributed by atoms with van der Waals surface area (Å²) in [5.41, 5.74) is 0.254. The first kappa shape index (κ1) is 14.2. The molecule has 0 radical (unpaired) electrons. The fraction of sp³-hybridized carbons (Fsp3) is 0.267. The van der Waals surface area contributed by atoms with Crippen LogP contribution < -0.4 is 10.2 Å². The molecule has 1 aromatic carbocycles. The first-order valence-electron chi connectivity index (χ1n) is 6.91. The van der Waals surface area contributed by atoms with Gasteiger partial charge < -0.3 is 10.2 Å². The predicted octanol–water partition coefficient (Wildman–Crippen LogP) is 2.97. The molecule has 2 heterocycles. The van der Waals surface area contributed by atoms with E-state index in [2.05, 4.69) is 15.3 Å². The molecule has 1 fully saturated rings. The fourth-order valence-corrected chi connectivity index (χ4v) is 2.53. The molecule has 0 bridgehead atoms. The van der Waals surface area contributed by atoms with E-state index in [9.17, 15) is 8.78 Å². The maximum atomic E-state index is 14.2. The highest BCUT2D eigenvalue weighted by Crippen LogP contribution is 2.30. The van der Waals surface area contributed by atoms with Gasteiger partial charge in [0.05, 0.1) is 0 Å². The van der Waals surface area contributed by atoms with Crippen molar-refractivity contribution in [2.75, 3.05) is 23.3 Å². The van der Waals surface area contributed by atoms with Crippen LogP contribution in [0.3, 0.4) is 0 Å². The summed E-state index contributed by atoms with van der Waals surface area (Å²) in [4.78, 5) is 9.50. The summed E-state index contributed by atoms with van der Waals surface area (Å²) in [5.74, 6) is -1.10. The second-order valence-electron chi connectivity index (χ2n) is 4.97. The van der Waals surface area contributed by atoms with Crippen LogP contribution in [0.4, 0.5) is 26.0 Å². The van der Waals surface area contributed by atoms with Gasteiger partial charge in [-0.15, -0.1) is 0 Å². The number of nitrogens with zero attached hydrogens (tertiary/aromatic N) is 4. The van der Waals surface area contributed by atoms with Gasteiger partial charge in [-0.2, -0.15) is 5.26 Å². The number of hydrogen-bond donors (Lipinski definition) is 1. The maximum absolute atomic E-state index is 14.2. The van der Waals surface area contributed by atoms with Gasteiger partial charge >= 0.3 is 0 Å². The van der Waals surface area contributed by atoms with E-state index in [-0.39, 0.29) is 22.9 Å². The summed E-state index contributed by atoms with van der Waals surface area (Å²) in [6.45, 7) is 1.31. The molecule has 2 aromatic rings. The van der Waals surface area contributed by atoms with Crippen LogP contribution in [0.15, 0.2) is 24.5 Å². The van der Waals surface area contributed by atoms with Gasteiger partial charge in [-0.1, -0.05) is 0 Å². The Balaban J connectivity index is 1.91. The molecule has 0 aliphatic carbocycles. The second kappa shape index (κ2) is 5.93. The molecule has 1 aliphatic rings. The van der Waals surface area contributed by atoms with Crippen LogP contribution in [0, 0.1) is 23.0 Å². The van der Waals surface area contributed by atoms with Gasteiger partial charge in [-0.3, -0.25) is 0 Å². The summed E-state index contributed by atoms with van der Waals surface area (Å²) >= 11 is 0. The maximum Gasteiger partial charge on any atom is 0.183 e. The van der Waals surface area contributed by atoms with Crippen molar-refractivity contribution in [1.82, 2.24) is 9.97 Å². The lowest BCUT2D eigenvalue weighted by Gasteiger charge is -2.20. The summed E-state index contributed by atoms with van der Waals surface area (Å²) in [5, 5.41) is 11.7. The summed E-state index contributed by atoms with van der Waals surface area (Å²) in [6, 6.07) is 4.27. The zero-order chi connectivity index (χ0) is 15.5. The lowest BCUT2D eigenvalue weighted by molar-refractivity contribution is 0.578. The van der Waals surface area contributed by atoms with E-state index >= 15 is 0 Å². The number of anilines is 3. The van der Waals surface area contributed by atoms with Crippen molar-refractivity contribution in [2.45, 2.75) is 12.8 Å². The van der Waals surface area contributed by atoms with E-state index in [1.54, 1.807) is 4.90 Å². The Morgan fingerprint density at radius 2 is 1.73 bits per heavy atom. The lowest BCUT2D eigenvalue weighted by Crippen LogP contribution is -2.20. The molecule has 1 aromatic heterocycles. The molecule has 3 rings (SSSR count). The van der Waals surface area contributed by atoms with Crippen LogP contribution in [0.1, 0.15) is 18.5 Å². The number of nitrogens with one attached hydrogen (secondary N) is 1. The van der Waals surface area contributed by atoms with Crippen molar-refractivity contribution in [3.8, 4) is 6.07 Å². The molecule has 112 valence electrons.